The molecule has 0 fully saturated rings. The number of thioether (sulfide) groups is 1. The smallest absolute Gasteiger partial charge is 0.199 e. The molecule has 1 aliphatic carbocycles. The lowest BCUT2D eigenvalue weighted by molar-refractivity contribution is 1.18. The summed E-state index contributed by atoms with van der Waals surface area (Å²) in [6, 6.07) is 0. The Balaban J connectivity index is 3.12. The van der Waals surface area contributed by atoms with Gasteiger partial charge in [0.25, 0.3) is 0 Å². The molecule has 0 heterocycles. The minimum Gasteiger partial charge on any atom is -0.237 e. The lowest BCUT2D eigenvalue weighted by atomic mass is 10.0. The SMILES string of the molecule is [C-]#[N+]C1=C(SC)CC(=C)C=C1C. The summed E-state index contributed by atoms with van der Waals surface area (Å²) in [6.07, 6.45) is 4.84. The molecule has 0 N–H and O–H groups in total. The van der Waals surface area contributed by atoms with Crippen molar-refractivity contribution in [3.05, 3.63) is 45.8 Å². The van der Waals surface area contributed by atoms with Crippen molar-refractivity contribution in [3.63, 3.8) is 0 Å². The molecule has 2 heteroatoms. The Morgan fingerprint density at radius 1 is 1.67 bits per heavy atom. The van der Waals surface area contributed by atoms with Gasteiger partial charge in [-0.1, -0.05) is 18.2 Å². The fourth-order valence-electron chi connectivity index (χ4n) is 1.25. The van der Waals surface area contributed by atoms with Gasteiger partial charge in [0.2, 0.25) is 0 Å². The molecule has 1 rings (SSSR count). The summed E-state index contributed by atoms with van der Waals surface area (Å²) < 4.78 is 0. The van der Waals surface area contributed by atoms with Crippen molar-refractivity contribution in [2.75, 3.05) is 6.26 Å². The average molecular weight is 177 g/mol. The molecular formula is C10H11NS. The van der Waals surface area contributed by atoms with Crippen molar-refractivity contribution in [1.82, 2.24) is 0 Å². The van der Waals surface area contributed by atoms with Crippen LogP contribution in [-0.2, 0) is 0 Å². The molecule has 0 aliphatic heterocycles. The molecule has 1 nitrogen and oxygen atoms in total. The Morgan fingerprint density at radius 3 is 2.83 bits per heavy atom. The van der Waals surface area contributed by atoms with Crippen LogP contribution in [0.3, 0.4) is 0 Å². The van der Waals surface area contributed by atoms with Crippen LogP contribution in [0.2, 0.25) is 0 Å². The molecule has 0 radical (unpaired) electrons. The predicted octanol–water partition coefficient (Wildman–Crippen LogP) is 3.39. The first-order valence-electron chi connectivity index (χ1n) is 3.70. The molecule has 1 aliphatic rings. The molecule has 62 valence electrons. The van der Waals surface area contributed by atoms with E-state index >= 15 is 0 Å². The van der Waals surface area contributed by atoms with Crippen LogP contribution in [0.15, 0.2) is 34.4 Å². The number of hydrogen-bond acceptors (Lipinski definition) is 1. The van der Waals surface area contributed by atoms with Crippen LogP contribution in [-0.4, -0.2) is 6.26 Å². The molecule has 0 atom stereocenters. The van der Waals surface area contributed by atoms with Crippen LogP contribution in [0.25, 0.3) is 4.85 Å². The zero-order valence-electron chi connectivity index (χ0n) is 7.35. The highest BCUT2D eigenvalue weighted by Crippen LogP contribution is 2.33. The third kappa shape index (κ3) is 1.62. The van der Waals surface area contributed by atoms with Gasteiger partial charge in [0.1, 0.15) is 0 Å². The molecule has 0 unspecified atom stereocenters. The zero-order chi connectivity index (χ0) is 9.14. The number of hydrogen-bond donors (Lipinski definition) is 0. The van der Waals surface area contributed by atoms with E-state index in [4.69, 9.17) is 6.57 Å². The van der Waals surface area contributed by atoms with Gasteiger partial charge in [-0.3, -0.25) is 0 Å². The lowest BCUT2D eigenvalue weighted by Gasteiger charge is -2.14. The fraction of sp³-hybridized carbons (Fsp3) is 0.300. The lowest BCUT2D eigenvalue weighted by Crippen LogP contribution is -1.95. The average Bonchev–Trinajstić information content (AvgIpc) is 2.03. The van der Waals surface area contributed by atoms with E-state index in [9.17, 15) is 0 Å². The molecule has 0 aromatic carbocycles. The van der Waals surface area contributed by atoms with Crippen LogP contribution in [0.4, 0.5) is 0 Å². The van der Waals surface area contributed by atoms with E-state index < -0.39 is 0 Å². The quantitative estimate of drug-likeness (QED) is 0.555. The Kier molecular flexibility index (Phi) is 2.78. The van der Waals surface area contributed by atoms with Gasteiger partial charge in [0.15, 0.2) is 5.70 Å². The van der Waals surface area contributed by atoms with Crippen molar-refractivity contribution in [2.45, 2.75) is 13.3 Å². The van der Waals surface area contributed by atoms with E-state index in [0.717, 1.165) is 28.2 Å². The van der Waals surface area contributed by atoms with Crippen molar-refractivity contribution < 1.29 is 0 Å². The summed E-state index contributed by atoms with van der Waals surface area (Å²) in [6.45, 7) is 12.9. The minimum absolute atomic E-state index is 0.815. The van der Waals surface area contributed by atoms with Gasteiger partial charge in [0.05, 0.1) is 6.57 Å². The van der Waals surface area contributed by atoms with Crippen LogP contribution >= 0.6 is 11.8 Å². The highest BCUT2D eigenvalue weighted by atomic mass is 32.2. The summed E-state index contributed by atoms with van der Waals surface area (Å²) in [5.74, 6) is 0. The standard InChI is InChI=1S/C10H11NS/c1-7-5-8(2)10(11-3)9(6-7)12-4/h5H,1,6H2,2,4H3. The molecule has 0 bridgehead atoms. The van der Waals surface area contributed by atoms with Crippen LogP contribution in [0.5, 0.6) is 0 Å². The molecule has 0 spiro atoms. The van der Waals surface area contributed by atoms with Gasteiger partial charge in [-0.05, 0) is 30.1 Å². The van der Waals surface area contributed by atoms with Gasteiger partial charge < -0.3 is 0 Å². The van der Waals surface area contributed by atoms with E-state index in [-0.39, 0.29) is 0 Å². The van der Waals surface area contributed by atoms with Crippen molar-refractivity contribution >= 4 is 11.8 Å². The third-order valence-corrected chi connectivity index (χ3v) is 2.63. The molecule has 0 saturated carbocycles. The van der Waals surface area contributed by atoms with Crippen LogP contribution in [0.1, 0.15) is 13.3 Å². The van der Waals surface area contributed by atoms with E-state index in [1.807, 2.05) is 19.3 Å². The maximum Gasteiger partial charge on any atom is 0.199 e. The van der Waals surface area contributed by atoms with Gasteiger partial charge >= 0.3 is 0 Å². The molecule has 12 heavy (non-hydrogen) atoms. The topological polar surface area (TPSA) is 4.36 Å². The second kappa shape index (κ2) is 3.64. The van der Waals surface area contributed by atoms with Gasteiger partial charge in [-0.25, -0.2) is 4.85 Å². The number of rotatable bonds is 1. The summed E-state index contributed by atoms with van der Waals surface area (Å²) in [5, 5.41) is 0. The minimum atomic E-state index is 0.815. The van der Waals surface area contributed by atoms with Crippen LogP contribution in [0, 0.1) is 6.57 Å². The van der Waals surface area contributed by atoms with Crippen LogP contribution < -0.4 is 0 Å². The maximum absolute atomic E-state index is 7.01. The Bertz CT molecular complexity index is 315. The second-order valence-corrected chi connectivity index (χ2v) is 3.65. The van der Waals surface area contributed by atoms with Crippen molar-refractivity contribution in [2.24, 2.45) is 0 Å². The predicted molar refractivity (Wildman–Crippen MR) is 54.7 cm³/mol. The van der Waals surface area contributed by atoms with Crippen molar-refractivity contribution in [1.29, 1.82) is 0 Å². The Morgan fingerprint density at radius 2 is 2.33 bits per heavy atom. The molecule has 0 amide bonds. The summed E-state index contributed by atoms with van der Waals surface area (Å²) in [5.41, 5.74) is 2.96. The van der Waals surface area contributed by atoms with Gasteiger partial charge in [0, 0.05) is 0 Å². The zero-order valence-corrected chi connectivity index (χ0v) is 8.16. The first-order chi connectivity index (χ1) is 5.69. The molecule has 0 saturated heterocycles. The van der Waals surface area contributed by atoms with Gasteiger partial charge in [-0.2, -0.15) is 0 Å². The van der Waals surface area contributed by atoms with Gasteiger partial charge in [-0.15, -0.1) is 11.8 Å². The third-order valence-electron chi connectivity index (χ3n) is 1.80. The fourth-order valence-corrected chi connectivity index (χ4v) is 1.98. The number of allylic oxidation sites excluding steroid dienone is 4. The number of nitrogens with zero attached hydrogens (tertiary/aromatic N) is 1. The highest BCUT2D eigenvalue weighted by molar-refractivity contribution is 8.02. The molecular weight excluding hydrogens is 166 g/mol. The summed E-state index contributed by atoms with van der Waals surface area (Å²) in [7, 11) is 0. The second-order valence-electron chi connectivity index (χ2n) is 2.75. The summed E-state index contributed by atoms with van der Waals surface area (Å²) in [4.78, 5) is 4.66. The van der Waals surface area contributed by atoms with E-state index in [2.05, 4.69) is 11.4 Å². The first kappa shape index (κ1) is 9.15. The van der Waals surface area contributed by atoms with E-state index in [0.29, 0.717) is 0 Å². The van der Waals surface area contributed by atoms with E-state index in [1.54, 1.807) is 11.8 Å². The first-order valence-corrected chi connectivity index (χ1v) is 4.92. The molecule has 0 aromatic rings. The van der Waals surface area contributed by atoms with Crippen molar-refractivity contribution in [3.8, 4) is 0 Å². The normalized spacial score (nSPS) is 17.4. The Labute approximate surface area is 77.7 Å². The summed E-state index contributed by atoms with van der Waals surface area (Å²) >= 11 is 1.65. The maximum atomic E-state index is 7.01. The largest absolute Gasteiger partial charge is 0.237 e. The highest BCUT2D eigenvalue weighted by Gasteiger charge is 2.13. The van der Waals surface area contributed by atoms with E-state index in [1.165, 1.54) is 0 Å². The Hall–Kier alpha value is -0.940. The molecule has 0 aromatic heterocycles. The monoisotopic (exact) mass is 177 g/mol.